The number of nitrogens with zero attached hydrogens (tertiary/aromatic N) is 1. The van der Waals surface area contributed by atoms with Crippen LogP contribution in [0, 0.1) is 5.92 Å². The topological polar surface area (TPSA) is 38.8 Å². The van der Waals surface area contributed by atoms with Gasteiger partial charge in [-0.3, -0.25) is 4.79 Å². The van der Waals surface area contributed by atoms with Crippen LogP contribution in [0.25, 0.3) is 0 Å². The summed E-state index contributed by atoms with van der Waals surface area (Å²) in [5, 5.41) is 0.336. The average Bonchev–Trinajstić information content (AvgIpc) is 2.98. The van der Waals surface area contributed by atoms with Crippen molar-refractivity contribution < 1.29 is 13.6 Å². The first-order valence-electron chi connectivity index (χ1n) is 11.7. The second kappa shape index (κ2) is 10.0. The van der Waals surface area contributed by atoms with Crippen LogP contribution in [0.2, 0.25) is 36.3 Å². The largest absolute Gasteiger partial charge is 0.415 e. The van der Waals surface area contributed by atoms with E-state index in [2.05, 4.69) is 79.2 Å². The Kier molecular flexibility index (Phi) is 9.21. The molecule has 1 heterocycles. The van der Waals surface area contributed by atoms with Crippen molar-refractivity contribution in [3.63, 3.8) is 0 Å². The third-order valence-electron chi connectivity index (χ3n) is 7.70. The van der Waals surface area contributed by atoms with Crippen molar-refractivity contribution in [3.8, 4) is 0 Å². The number of rotatable bonds is 9. The highest BCUT2D eigenvalue weighted by atomic mass is 28.4. The zero-order valence-electron chi connectivity index (χ0n) is 21.7. The van der Waals surface area contributed by atoms with Gasteiger partial charge in [-0.25, -0.2) is 0 Å². The molecule has 1 amide bonds. The summed E-state index contributed by atoms with van der Waals surface area (Å²) >= 11 is 0. The van der Waals surface area contributed by atoms with Crippen LogP contribution in [0.15, 0.2) is 12.7 Å². The number of carbonyl (C=O) groups is 1. The van der Waals surface area contributed by atoms with Crippen LogP contribution in [0.4, 0.5) is 0 Å². The number of carbonyl (C=O) groups excluding carboxylic acids is 1. The Morgan fingerprint density at radius 2 is 1.33 bits per heavy atom. The zero-order valence-corrected chi connectivity index (χ0v) is 23.7. The molecule has 3 atom stereocenters. The normalized spacial score (nSPS) is 22.3. The summed E-state index contributed by atoms with van der Waals surface area (Å²) in [7, 11) is -3.71. The number of amides is 1. The molecule has 4 nitrogen and oxygen atoms in total. The summed E-state index contributed by atoms with van der Waals surface area (Å²) in [4.78, 5) is 15.5. The number of likely N-dealkylation sites (tertiary alicyclic amines) is 1. The maximum atomic E-state index is 13.4. The third kappa shape index (κ3) is 6.78. The maximum absolute atomic E-state index is 13.4. The van der Waals surface area contributed by atoms with Gasteiger partial charge in [-0.15, -0.1) is 6.58 Å². The molecule has 0 saturated carbocycles. The van der Waals surface area contributed by atoms with Crippen molar-refractivity contribution >= 4 is 22.5 Å². The monoisotopic (exact) mass is 455 g/mol. The number of allylic oxidation sites excluding steroid dienone is 1. The van der Waals surface area contributed by atoms with Crippen molar-refractivity contribution in [3.05, 3.63) is 12.7 Å². The van der Waals surface area contributed by atoms with Crippen molar-refractivity contribution in [1.82, 2.24) is 4.90 Å². The van der Waals surface area contributed by atoms with Crippen molar-refractivity contribution in [2.24, 2.45) is 5.92 Å². The molecular weight excluding hydrogens is 406 g/mol. The first-order chi connectivity index (χ1) is 13.4. The second-order valence-corrected chi connectivity index (χ2v) is 21.8. The predicted molar refractivity (Wildman–Crippen MR) is 134 cm³/mol. The lowest BCUT2D eigenvalue weighted by Gasteiger charge is -2.40. The van der Waals surface area contributed by atoms with Gasteiger partial charge in [-0.1, -0.05) is 54.5 Å². The van der Waals surface area contributed by atoms with Crippen LogP contribution in [0.3, 0.4) is 0 Å². The van der Waals surface area contributed by atoms with Gasteiger partial charge in [0.25, 0.3) is 0 Å². The van der Waals surface area contributed by atoms with Gasteiger partial charge in [0.15, 0.2) is 16.6 Å². The van der Waals surface area contributed by atoms with Crippen LogP contribution in [-0.4, -0.2) is 52.7 Å². The van der Waals surface area contributed by atoms with E-state index in [1.54, 1.807) is 0 Å². The smallest absolute Gasteiger partial charge is 0.226 e. The van der Waals surface area contributed by atoms with Crippen LogP contribution >= 0.6 is 0 Å². The highest BCUT2D eigenvalue weighted by molar-refractivity contribution is 6.74. The molecule has 1 saturated heterocycles. The SMILES string of the molecule is C=CC[C@@H](C)C(=O)N1[C@@H](CO[Si](C)(C)C(C)(C)C)CC[C@@H]1CO[Si](C)(C)C(C)(C)C. The molecule has 0 N–H and O–H groups in total. The molecule has 1 aliphatic rings. The molecule has 0 aromatic rings. The van der Waals surface area contributed by atoms with Crippen molar-refractivity contribution in [2.75, 3.05) is 13.2 Å². The van der Waals surface area contributed by atoms with Crippen LogP contribution < -0.4 is 0 Å². The standard InChI is InChI=1S/C24H49NO3Si2/c1-13-14-19(2)22(26)25-20(17-27-29(9,10)23(3,4)5)15-16-21(25)18-28-30(11,12)24(6,7)8/h13,19-21H,1,14-18H2,2-12H3/t19-,20-,21-/m1/s1. The predicted octanol–water partition coefficient (Wildman–Crippen LogP) is 6.60. The molecule has 0 aromatic heterocycles. The Bertz CT molecular complexity index is 552. The summed E-state index contributed by atoms with van der Waals surface area (Å²) in [6, 6.07) is 0.291. The van der Waals surface area contributed by atoms with E-state index in [9.17, 15) is 4.79 Å². The fourth-order valence-corrected chi connectivity index (χ4v) is 5.38. The molecule has 176 valence electrons. The molecular formula is C24H49NO3Si2. The Hall–Kier alpha value is -0.436. The minimum absolute atomic E-state index is 0.0497. The highest BCUT2D eigenvalue weighted by Gasteiger charge is 2.44. The molecule has 1 aliphatic heterocycles. The molecule has 0 spiro atoms. The molecule has 0 aromatic carbocycles. The molecule has 0 radical (unpaired) electrons. The lowest BCUT2D eigenvalue weighted by atomic mass is 10.1. The average molecular weight is 456 g/mol. The van der Waals surface area contributed by atoms with Gasteiger partial charge in [0.2, 0.25) is 5.91 Å². The summed E-state index contributed by atoms with van der Waals surface area (Å²) in [5.74, 6) is 0.173. The van der Waals surface area contributed by atoms with E-state index in [0.717, 1.165) is 12.8 Å². The van der Waals surface area contributed by atoms with Gasteiger partial charge in [-0.05, 0) is 55.5 Å². The fraction of sp³-hybridized carbons (Fsp3) is 0.875. The molecule has 1 fully saturated rings. The van der Waals surface area contributed by atoms with Gasteiger partial charge in [-0.2, -0.15) is 0 Å². The Labute approximate surface area is 189 Å². The molecule has 0 unspecified atom stereocenters. The third-order valence-corrected chi connectivity index (χ3v) is 16.7. The first-order valence-corrected chi connectivity index (χ1v) is 17.5. The van der Waals surface area contributed by atoms with E-state index in [1.165, 1.54) is 0 Å². The van der Waals surface area contributed by atoms with E-state index < -0.39 is 16.6 Å². The lowest BCUT2D eigenvalue weighted by molar-refractivity contribution is -0.139. The van der Waals surface area contributed by atoms with Gasteiger partial charge in [0.05, 0.1) is 25.3 Å². The summed E-state index contributed by atoms with van der Waals surface area (Å²) < 4.78 is 13.1. The highest BCUT2D eigenvalue weighted by Crippen LogP contribution is 2.39. The van der Waals surface area contributed by atoms with E-state index in [4.69, 9.17) is 8.85 Å². The molecule has 1 rings (SSSR count). The van der Waals surface area contributed by atoms with E-state index in [1.807, 2.05) is 13.0 Å². The van der Waals surface area contributed by atoms with Gasteiger partial charge in [0, 0.05) is 5.92 Å². The minimum atomic E-state index is -1.85. The maximum Gasteiger partial charge on any atom is 0.226 e. The van der Waals surface area contributed by atoms with Crippen LogP contribution in [-0.2, 0) is 13.6 Å². The number of hydrogen-bond acceptors (Lipinski definition) is 3. The molecule has 0 aliphatic carbocycles. The van der Waals surface area contributed by atoms with E-state index in [0.29, 0.717) is 19.6 Å². The van der Waals surface area contributed by atoms with Gasteiger partial charge in [0.1, 0.15) is 0 Å². The molecule has 6 heteroatoms. The van der Waals surface area contributed by atoms with Gasteiger partial charge < -0.3 is 13.8 Å². The Balaban J connectivity index is 2.99. The second-order valence-electron chi connectivity index (χ2n) is 12.2. The van der Waals surface area contributed by atoms with Crippen LogP contribution in [0.1, 0.15) is 67.7 Å². The first kappa shape index (κ1) is 27.6. The zero-order chi connectivity index (χ0) is 23.5. The summed E-state index contributed by atoms with van der Waals surface area (Å²) in [5.41, 5.74) is 0. The van der Waals surface area contributed by atoms with Crippen LogP contribution in [0.5, 0.6) is 0 Å². The number of hydrogen-bond donors (Lipinski definition) is 0. The minimum Gasteiger partial charge on any atom is -0.415 e. The van der Waals surface area contributed by atoms with E-state index >= 15 is 0 Å². The molecule has 0 bridgehead atoms. The quantitative estimate of drug-likeness (QED) is 0.290. The Morgan fingerprint density at radius 1 is 0.967 bits per heavy atom. The summed E-state index contributed by atoms with van der Waals surface area (Å²) in [6.45, 7) is 29.8. The van der Waals surface area contributed by atoms with Crippen molar-refractivity contribution in [1.29, 1.82) is 0 Å². The molecule has 30 heavy (non-hydrogen) atoms. The fourth-order valence-electron chi connectivity index (χ4n) is 3.30. The van der Waals surface area contributed by atoms with Gasteiger partial charge >= 0.3 is 0 Å². The Morgan fingerprint density at radius 3 is 1.63 bits per heavy atom. The van der Waals surface area contributed by atoms with E-state index in [-0.39, 0.29) is 34.0 Å². The lowest BCUT2D eigenvalue weighted by Crippen LogP contribution is -2.51. The summed E-state index contributed by atoms with van der Waals surface area (Å²) in [6.07, 6.45) is 4.54. The van der Waals surface area contributed by atoms with Crippen molar-refractivity contribution in [2.45, 2.75) is 116 Å².